The van der Waals surface area contributed by atoms with Crippen LogP contribution in [0, 0.1) is 17.6 Å². The Bertz CT molecular complexity index is 1470. The molecule has 0 unspecified atom stereocenters. The lowest BCUT2D eigenvalue weighted by atomic mass is 9.85. The van der Waals surface area contributed by atoms with Crippen molar-refractivity contribution in [1.29, 1.82) is 0 Å². The molecule has 3 aliphatic heterocycles. The van der Waals surface area contributed by atoms with Gasteiger partial charge in [0.15, 0.2) is 0 Å². The predicted octanol–water partition coefficient (Wildman–Crippen LogP) is 4.73. The first-order valence-corrected chi connectivity index (χ1v) is 15.0. The zero-order chi connectivity index (χ0) is 30.0. The summed E-state index contributed by atoms with van der Waals surface area (Å²) in [5.41, 5.74) is 1.09. The molecule has 1 spiro atoms. The van der Waals surface area contributed by atoms with Gasteiger partial charge in [-0.3, -0.25) is 14.4 Å². The minimum absolute atomic E-state index is 0.0106. The van der Waals surface area contributed by atoms with E-state index in [1.54, 1.807) is 4.90 Å². The lowest BCUT2D eigenvalue weighted by Crippen LogP contribution is -2.57. The average molecular weight is 587 g/mol. The van der Waals surface area contributed by atoms with Crippen LogP contribution in [0.2, 0.25) is 0 Å². The second-order valence-corrected chi connectivity index (χ2v) is 11.9. The number of piperidine rings is 2. The van der Waals surface area contributed by atoms with E-state index in [0.717, 1.165) is 37.1 Å². The fraction of sp³-hybridized carbons (Fsp3) is 0.382. The molecular formula is C34H36F2N4O3. The van der Waals surface area contributed by atoms with Gasteiger partial charge in [-0.1, -0.05) is 48.5 Å². The highest BCUT2D eigenvalue weighted by atomic mass is 19.1. The van der Waals surface area contributed by atoms with Crippen LogP contribution in [0.3, 0.4) is 0 Å². The van der Waals surface area contributed by atoms with Crippen molar-refractivity contribution in [3.05, 3.63) is 102 Å². The molecule has 3 aromatic carbocycles. The number of anilines is 1. The predicted molar refractivity (Wildman–Crippen MR) is 159 cm³/mol. The molecule has 0 saturated carbocycles. The van der Waals surface area contributed by atoms with Crippen molar-refractivity contribution in [3.63, 3.8) is 0 Å². The maximum atomic E-state index is 14.3. The van der Waals surface area contributed by atoms with Gasteiger partial charge in [0.25, 0.3) is 11.8 Å². The maximum Gasteiger partial charge on any atom is 0.256 e. The first-order chi connectivity index (χ1) is 20.8. The molecule has 9 heteroatoms. The van der Waals surface area contributed by atoms with Gasteiger partial charge in [0.1, 0.15) is 23.7 Å². The van der Waals surface area contributed by atoms with E-state index in [1.807, 2.05) is 41.3 Å². The number of para-hydroxylation sites is 1. The lowest BCUT2D eigenvalue weighted by Gasteiger charge is -2.43. The van der Waals surface area contributed by atoms with Gasteiger partial charge in [-0.05, 0) is 67.9 Å². The highest BCUT2D eigenvalue weighted by molar-refractivity contribution is 5.97. The first-order valence-electron chi connectivity index (χ1n) is 15.0. The van der Waals surface area contributed by atoms with Gasteiger partial charge in [0, 0.05) is 37.9 Å². The molecule has 0 atom stereocenters. The number of hydrogen-bond acceptors (Lipinski definition) is 4. The third-order valence-electron chi connectivity index (χ3n) is 9.28. The second kappa shape index (κ2) is 12.1. The Morgan fingerprint density at radius 2 is 1.47 bits per heavy atom. The van der Waals surface area contributed by atoms with Gasteiger partial charge >= 0.3 is 0 Å². The van der Waals surface area contributed by atoms with Crippen LogP contribution in [0.25, 0.3) is 0 Å². The number of carbonyl (C=O) groups excluding carboxylic acids is 3. The summed E-state index contributed by atoms with van der Waals surface area (Å²) in [6.07, 6.45) is 3.56. The van der Waals surface area contributed by atoms with Gasteiger partial charge in [0.2, 0.25) is 5.91 Å². The standard InChI is InChI=1S/C34H36F2N4O3/c35-27-11-12-29(30(36)22-27)32(42)38-19-15-34(16-20-38)33(43)39(24-40(34)28-9-5-2-6-10-28)23-31(41)37-17-13-26(14-18-37)21-25-7-3-1-4-8-25/h1-12,22,26H,13-21,23-24H2. The normalized spacial score (nSPS) is 18.9. The largest absolute Gasteiger partial charge is 0.341 e. The summed E-state index contributed by atoms with van der Waals surface area (Å²) in [7, 11) is 0. The summed E-state index contributed by atoms with van der Waals surface area (Å²) in [5.74, 6) is -1.80. The van der Waals surface area contributed by atoms with Crippen LogP contribution < -0.4 is 4.90 Å². The van der Waals surface area contributed by atoms with E-state index in [9.17, 15) is 23.2 Å². The molecule has 3 saturated heterocycles. The van der Waals surface area contributed by atoms with Crippen LogP contribution >= 0.6 is 0 Å². The molecule has 3 amide bonds. The number of nitrogens with zero attached hydrogens (tertiary/aromatic N) is 4. The summed E-state index contributed by atoms with van der Waals surface area (Å²) in [6, 6.07) is 23.0. The first kappa shape index (κ1) is 28.8. The average Bonchev–Trinajstić information content (AvgIpc) is 3.28. The Labute approximate surface area is 250 Å². The Morgan fingerprint density at radius 3 is 2.12 bits per heavy atom. The van der Waals surface area contributed by atoms with Crippen LogP contribution in [-0.4, -0.2) is 77.4 Å². The van der Waals surface area contributed by atoms with Crippen LogP contribution in [0.4, 0.5) is 14.5 Å². The Morgan fingerprint density at radius 1 is 0.814 bits per heavy atom. The van der Waals surface area contributed by atoms with Crippen LogP contribution in [0.15, 0.2) is 78.9 Å². The molecule has 224 valence electrons. The number of benzene rings is 3. The van der Waals surface area contributed by atoms with E-state index >= 15 is 0 Å². The molecule has 0 radical (unpaired) electrons. The number of rotatable bonds is 6. The quantitative estimate of drug-likeness (QED) is 0.419. The fourth-order valence-electron chi connectivity index (χ4n) is 6.83. The molecule has 0 aliphatic carbocycles. The molecule has 3 fully saturated rings. The zero-order valence-electron chi connectivity index (χ0n) is 24.1. The Balaban J connectivity index is 1.12. The smallest absolute Gasteiger partial charge is 0.256 e. The number of halogens is 2. The van der Waals surface area contributed by atoms with E-state index in [0.29, 0.717) is 37.9 Å². The van der Waals surface area contributed by atoms with Gasteiger partial charge < -0.3 is 19.6 Å². The number of likely N-dealkylation sites (tertiary alicyclic amines) is 2. The topological polar surface area (TPSA) is 64.2 Å². The third-order valence-corrected chi connectivity index (χ3v) is 9.28. The summed E-state index contributed by atoms with van der Waals surface area (Å²) in [6.45, 7) is 2.13. The number of carbonyl (C=O) groups is 3. The maximum absolute atomic E-state index is 14.3. The van der Waals surface area contributed by atoms with Crippen molar-refractivity contribution in [2.24, 2.45) is 5.92 Å². The molecule has 43 heavy (non-hydrogen) atoms. The summed E-state index contributed by atoms with van der Waals surface area (Å²) in [5, 5.41) is 0. The molecule has 0 bridgehead atoms. The van der Waals surface area contributed by atoms with Crippen LogP contribution in [0.5, 0.6) is 0 Å². The molecule has 0 aromatic heterocycles. The number of amides is 3. The SMILES string of the molecule is O=C(CN1CN(c2ccccc2)C2(CCN(C(=O)c3ccc(F)cc3F)CC2)C1=O)N1CCC(Cc2ccccc2)CC1. The Hall–Kier alpha value is -4.27. The summed E-state index contributed by atoms with van der Waals surface area (Å²) < 4.78 is 27.8. The Kier molecular flexibility index (Phi) is 8.15. The molecule has 3 aliphatic rings. The van der Waals surface area contributed by atoms with Gasteiger partial charge in [-0.15, -0.1) is 0 Å². The highest BCUT2D eigenvalue weighted by Crippen LogP contribution is 2.40. The molecule has 0 N–H and O–H groups in total. The summed E-state index contributed by atoms with van der Waals surface area (Å²) in [4.78, 5) is 47.7. The third kappa shape index (κ3) is 5.85. The van der Waals surface area contributed by atoms with Gasteiger partial charge in [-0.25, -0.2) is 8.78 Å². The molecule has 6 rings (SSSR count). The lowest BCUT2D eigenvalue weighted by molar-refractivity contribution is -0.141. The minimum Gasteiger partial charge on any atom is -0.341 e. The molecule has 7 nitrogen and oxygen atoms in total. The minimum atomic E-state index is -0.914. The van der Waals surface area contributed by atoms with E-state index in [4.69, 9.17) is 0 Å². The van der Waals surface area contributed by atoms with Crippen LogP contribution in [-0.2, 0) is 16.0 Å². The van der Waals surface area contributed by atoms with Crippen molar-refractivity contribution in [1.82, 2.24) is 14.7 Å². The van der Waals surface area contributed by atoms with E-state index in [1.165, 1.54) is 10.5 Å². The number of hydrogen-bond donors (Lipinski definition) is 0. The van der Waals surface area contributed by atoms with E-state index in [2.05, 4.69) is 29.2 Å². The second-order valence-electron chi connectivity index (χ2n) is 11.9. The molecule has 3 aromatic rings. The monoisotopic (exact) mass is 586 g/mol. The summed E-state index contributed by atoms with van der Waals surface area (Å²) >= 11 is 0. The van der Waals surface area contributed by atoms with Crippen molar-refractivity contribution in [3.8, 4) is 0 Å². The van der Waals surface area contributed by atoms with Crippen molar-refractivity contribution in [2.75, 3.05) is 44.3 Å². The van der Waals surface area contributed by atoms with Gasteiger partial charge in [0.05, 0.1) is 12.2 Å². The molecule has 3 heterocycles. The van der Waals surface area contributed by atoms with Crippen molar-refractivity contribution < 1.29 is 23.2 Å². The van der Waals surface area contributed by atoms with E-state index in [-0.39, 0.29) is 43.7 Å². The fourth-order valence-corrected chi connectivity index (χ4v) is 6.83. The molecular weight excluding hydrogens is 550 g/mol. The van der Waals surface area contributed by atoms with Crippen molar-refractivity contribution >= 4 is 23.4 Å². The van der Waals surface area contributed by atoms with E-state index < -0.39 is 23.1 Å². The van der Waals surface area contributed by atoms with Gasteiger partial charge in [-0.2, -0.15) is 0 Å². The highest BCUT2D eigenvalue weighted by Gasteiger charge is 2.54. The van der Waals surface area contributed by atoms with Crippen LogP contribution in [0.1, 0.15) is 41.6 Å². The zero-order valence-corrected chi connectivity index (χ0v) is 24.1. The van der Waals surface area contributed by atoms with Crippen molar-refractivity contribution in [2.45, 2.75) is 37.6 Å².